The van der Waals surface area contributed by atoms with Gasteiger partial charge in [-0.05, 0) is 54.5 Å². The number of thioether (sulfide) groups is 1. The van der Waals surface area contributed by atoms with Gasteiger partial charge in [-0.25, -0.2) is 0 Å². The first-order valence-corrected chi connectivity index (χ1v) is 16.0. The standard InChI is InChI=1S/C30H26ClN3O7S2/c31-13-5-7-14(8-6-13)32-19(35)12-41-18-4-2-1-3-15(18)21-22-16-11-17(25(22)42-27-26(21)43-30(40)33-27)24-23(16)28(38)34(29(24)39)10-9-20(36)37/h1-8,16-17,21-25H,9-12H2,(H,32,35)(H,33,40)(H,36,37)/t16?,17?,21-,22?,23?,24?,25?/m1/s1. The summed E-state index contributed by atoms with van der Waals surface area (Å²) in [5.74, 6) is -2.98. The van der Waals surface area contributed by atoms with Crippen LogP contribution in [-0.4, -0.2) is 57.1 Å². The number of thiazole rings is 1. The number of carboxylic acids is 1. The molecular formula is C30H26ClN3O7S2. The molecule has 3 aromatic rings. The number of nitrogens with one attached hydrogen (secondary N) is 2. The number of aliphatic carboxylic acids is 1. The number of hydrogen-bond acceptors (Lipinski definition) is 8. The predicted octanol–water partition coefficient (Wildman–Crippen LogP) is 4.06. The number of carboxylic acid groups (broad SMARTS) is 1. The number of carbonyl (C=O) groups excluding carboxylic acids is 3. The number of H-pyrrole nitrogens is 1. The number of anilines is 1. The molecule has 7 atom stereocenters. The Bertz CT molecular complexity index is 1710. The van der Waals surface area contributed by atoms with Crippen molar-refractivity contribution in [3.05, 3.63) is 73.7 Å². The second kappa shape index (κ2) is 10.8. The summed E-state index contributed by atoms with van der Waals surface area (Å²) in [6.07, 6.45) is 0.426. The van der Waals surface area contributed by atoms with Gasteiger partial charge < -0.3 is 20.1 Å². The minimum atomic E-state index is -1.06. The molecule has 6 unspecified atom stereocenters. The molecule has 1 saturated heterocycles. The zero-order valence-corrected chi connectivity index (χ0v) is 24.9. The number of likely N-dealkylation sites (tertiary alicyclic amines) is 1. The number of aromatic amines is 1. The van der Waals surface area contributed by atoms with Gasteiger partial charge in [0.15, 0.2) is 6.61 Å². The van der Waals surface area contributed by atoms with E-state index in [1.165, 1.54) is 0 Å². The Morgan fingerprint density at radius 3 is 2.51 bits per heavy atom. The molecule has 3 fully saturated rings. The third-order valence-corrected chi connectivity index (χ3v) is 11.9. The van der Waals surface area contributed by atoms with Crippen molar-refractivity contribution in [1.82, 2.24) is 9.88 Å². The maximum atomic E-state index is 13.6. The van der Waals surface area contributed by atoms with Crippen LogP contribution in [0.25, 0.3) is 0 Å². The highest BCUT2D eigenvalue weighted by Crippen LogP contribution is 2.69. The molecule has 2 aliphatic carbocycles. The van der Waals surface area contributed by atoms with Crippen LogP contribution in [0, 0.1) is 29.6 Å². The molecular weight excluding hydrogens is 614 g/mol. The molecule has 0 radical (unpaired) electrons. The van der Waals surface area contributed by atoms with Crippen molar-refractivity contribution in [2.75, 3.05) is 18.5 Å². The predicted molar refractivity (Wildman–Crippen MR) is 159 cm³/mol. The minimum Gasteiger partial charge on any atom is -0.483 e. The summed E-state index contributed by atoms with van der Waals surface area (Å²) < 4.78 is 6.08. The quantitative estimate of drug-likeness (QED) is 0.313. The van der Waals surface area contributed by atoms with Crippen molar-refractivity contribution in [3.63, 3.8) is 0 Å². The number of halogens is 1. The van der Waals surface area contributed by atoms with Gasteiger partial charge >= 0.3 is 10.8 Å². The van der Waals surface area contributed by atoms with Crippen LogP contribution in [0.1, 0.15) is 29.2 Å². The average molecular weight is 640 g/mol. The monoisotopic (exact) mass is 639 g/mol. The Labute approximate surface area is 258 Å². The van der Waals surface area contributed by atoms with E-state index >= 15 is 0 Å². The number of carbonyl (C=O) groups is 4. The highest BCUT2D eigenvalue weighted by molar-refractivity contribution is 8.00. The van der Waals surface area contributed by atoms with E-state index in [1.807, 2.05) is 18.2 Å². The van der Waals surface area contributed by atoms with Crippen LogP contribution in [0.4, 0.5) is 5.69 Å². The molecule has 2 bridgehead atoms. The van der Waals surface area contributed by atoms with Gasteiger partial charge in [-0.1, -0.05) is 41.1 Å². The molecule has 0 spiro atoms. The zero-order valence-electron chi connectivity index (χ0n) is 22.5. The van der Waals surface area contributed by atoms with Gasteiger partial charge in [-0.3, -0.25) is 28.9 Å². The van der Waals surface area contributed by atoms with Crippen molar-refractivity contribution in [1.29, 1.82) is 0 Å². The van der Waals surface area contributed by atoms with Crippen molar-refractivity contribution in [3.8, 4) is 5.75 Å². The second-order valence-electron chi connectivity index (χ2n) is 11.3. The number of fused-ring (bicyclic) bond motifs is 9. The first kappa shape index (κ1) is 28.2. The topological polar surface area (TPSA) is 146 Å². The zero-order chi connectivity index (χ0) is 30.0. The minimum absolute atomic E-state index is 0.0218. The van der Waals surface area contributed by atoms with Crippen molar-refractivity contribution in [2.45, 2.75) is 29.0 Å². The summed E-state index contributed by atoms with van der Waals surface area (Å²) in [5, 5.41) is 13.3. The lowest BCUT2D eigenvalue weighted by molar-refractivity contribution is -0.142. The number of hydrogen-bond donors (Lipinski definition) is 3. The van der Waals surface area contributed by atoms with Crippen molar-refractivity contribution >= 4 is 64.1 Å². The van der Waals surface area contributed by atoms with E-state index in [-0.39, 0.29) is 71.1 Å². The fourth-order valence-corrected chi connectivity index (χ4v) is 10.6. The maximum Gasteiger partial charge on any atom is 0.305 e. The Morgan fingerprint density at radius 2 is 1.77 bits per heavy atom. The fourth-order valence-electron chi connectivity index (χ4n) is 7.60. The van der Waals surface area contributed by atoms with Gasteiger partial charge in [0.1, 0.15) is 5.75 Å². The van der Waals surface area contributed by atoms with Crippen LogP contribution in [0.15, 0.2) is 58.4 Å². The summed E-state index contributed by atoms with van der Waals surface area (Å²) in [7, 11) is 0. The Morgan fingerprint density at radius 1 is 1.05 bits per heavy atom. The normalized spacial score (nSPS) is 28.4. The van der Waals surface area contributed by atoms with Crippen LogP contribution < -0.4 is 14.9 Å². The Kier molecular flexibility index (Phi) is 7.10. The molecule has 13 heteroatoms. The molecule has 1 aromatic heterocycles. The van der Waals surface area contributed by atoms with E-state index < -0.39 is 17.8 Å². The van der Waals surface area contributed by atoms with E-state index in [2.05, 4.69) is 10.3 Å². The van der Waals surface area contributed by atoms with Gasteiger partial charge in [0.25, 0.3) is 5.91 Å². The Hall–Kier alpha value is -3.61. The Balaban J connectivity index is 1.19. The lowest BCUT2D eigenvalue weighted by Gasteiger charge is -2.43. The fraction of sp³-hybridized carbons (Fsp3) is 0.367. The van der Waals surface area contributed by atoms with E-state index in [1.54, 1.807) is 42.1 Å². The number of para-hydroxylation sites is 1. The molecule has 3 amide bonds. The lowest BCUT2D eigenvalue weighted by atomic mass is 9.68. The van der Waals surface area contributed by atoms with Gasteiger partial charge in [0.05, 0.1) is 23.3 Å². The second-order valence-corrected chi connectivity index (χ2v) is 14.0. The summed E-state index contributed by atoms with van der Waals surface area (Å²) in [6.45, 7) is -0.367. The van der Waals surface area contributed by atoms with Crippen LogP contribution in [-0.2, 0) is 19.2 Å². The number of amides is 3. The lowest BCUT2D eigenvalue weighted by Crippen LogP contribution is -2.42. The van der Waals surface area contributed by atoms with E-state index in [0.29, 0.717) is 22.9 Å². The van der Waals surface area contributed by atoms with E-state index in [4.69, 9.17) is 21.4 Å². The van der Waals surface area contributed by atoms with Gasteiger partial charge in [0, 0.05) is 38.9 Å². The van der Waals surface area contributed by atoms with E-state index in [9.17, 15) is 24.0 Å². The van der Waals surface area contributed by atoms with Crippen LogP contribution in [0.5, 0.6) is 5.75 Å². The number of aromatic nitrogens is 1. The van der Waals surface area contributed by atoms with Gasteiger partial charge in [-0.2, -0.15) is 0 Å². The number of benzene rings is 2. The van der Waals surface area contributed by atoms with Crippen LogP contribution in [0.2, 0.25) is 5.02 Å². The molecule has 2 aromatic carbocycles. The molecule has 7 rings (SSSR count). The molecule has 10 nitrogen and oxygen atoms in total. The molecule has 3 heterocycles. The number of ether oxygens (including phenoxy) is 1. The first-order chi connectivity index (χ1) is 20.7. The number of nitrogens with zero attached hydrogens (tertiary/aromatic N) is 1. The van der Waals surface area contributed by atoms with Gasteiger partial charge in [0.2, 0.25) is 11.8 Å². The van der Waals surface area contributed by atoms with Crippen molar-refractivity contribution < 1.29 is 29.0 Å². The first-order valence-electron chi connectivity index (χ1n) is 13.9. The number of rotatable bonds is 8. The summed E-state index contributed by atoms with van der Waals surface area (Å²) in [6, 6.07) is 14.2. The molecule has 2 aliphatic heterocycles. The maximum absolute atomic E-state index is 13.6. The summed E-state index contributed by atoms with van der Waals surface area (Å²) in [4.78, 5) is 68.3. The highest BCUT2D eigenvalue weighted by atomic mass is 35.5. The van der Waals surface area contributed by atoms with Crippen LogP contribution >= 0.6 is 34.7 Å². The molecule has 3 N–H and O–H groups in total. The third kappa shape index (κ3) is 4.76. The SMILES string of the molecule is O=C(O)CCN1C(=O)C2C3CC(C2C1=O)C1C3Sc2[nH]c(=O)sc2[C@@H]1c1ccccc1OCC(=O)Nc1ccc(Cl)cc1. The molecule has 222 valence electrons. The van der Waals surface area contributed by atoms with E-state index in [0.717, 1.165) is 31.7 Å². The third-order valence-electron chi connectivity index (χ3n) is 9.11. The molecule has 4 aliphatic rings. The largest absolute Gasteiger partial charge is 0.483 e. The van der Waals surface area contributed by atoms with Crippen molar-refractivity contribution in [2.24, 2.45) is 29.6 Å². The average Bonchev–Trinajstić information content (AvgIpc) is 3.71. The summed E-state index contributed by atoms with van der Waals surface area (Å²) in [5.41, 5.74) is 1.40. The molecule has 2 saturated carbocycles. The van der Waals surface area contributed by atoms with Crippen LogP contribution in [0.3, 0.4) is 0 Å². The summed E-state index contributed by atoms with van der Waals surface area (Å²) >= 11 is 8.65. The molecule has 43 heavy (non-hydrogen) atoms. The number of imide groups is 1. The van der Waals surface area contributed by atoms with Gasteiger partial charge in [-0.15, -0.1) is 11.8 Å². The highest BCUT2D eigenvalue weighted by Gasteiger charge is 2.69. The smallest absolute Gasteiger partial charge is 0.305 e.